The van der Waals surface area contributed by atoms with Crippen molar-refractivity contribution in [2.75, 3.05) is 39.5 Å². The fraction of sp³-hybridized carbons (Fsp3) is 0.500. The maximum Gasteiger partial charge on any atom is 0.254 e. The van der Waals surface area contributed by atoms with Crippen LogP contribution in [0.3, 0.4) is 0 Å². The molecule has 1 N–H and O–H groups in total. The van der Waals surface area contributed by atoms with Crippen molar-refractivity contribution in [2.24, 2.45) is 0 Å². The van der Waals surface area contributed by atoms with E-state index in [4.69, 9.17) is 0 Å². The summed E-state index contributed by atoms with van der Waals surface area (Å²) < 4.78 is 24.5. The third kappa shape index (κ3) is 5.17. The third-order valence-electron chi connectivity index (χ3n) is 4.03. The number of carbonyl (C=O) groups excluding carboxylic acids is 2. The molecule has 140 valence electrons. The Morgan fingerprint density at radius 1 is 1.24 bits per heavy atom. The number of carbonyl (C=O) groups is 2. The lowest BCUT2D eigenvalue weighted by atomic mass is 10.1. The number of nitrogens with zero attached hydrogens (tertiary/aromatic N) is 2. The third-order valence-corrected chi connectivity index (χ3v) is 5.65. The fourth-order valence-electron chi connectivity index (χ4n) is 2.49. The Hall–Kier alpha value is -1.64. The first-order valence-electron chi connectivity index (χ1n) is 7.77. The smallest absolute Gasteiger partial charge is 0.254 e. The Balaban J connectivity index is 0.00000312. The number of piperazine rings is 1. The summed E-state index contributed by atoms with van der Waals surface area (Å²) in [7, 11) is -0.692. The van der Waals surface area contributed by atoms with Gasteiger partial charge < -0.3 is 15.1 Å². The van der Waals surface area contributed by atoms with Crippen LogP contribution in [0.5, 0.6) is 0 Å². The van der Waals surface area contributed by atoms with Crippen LogP contribution in [-0.2, 0) is 14.6 Å². The van der Waals surface area contributed by atoms with E-state index < -0.39 is 21.5 Å². The predicted octanol–water partition coefficient (Wildman–Crippen LogP) is 0.404. The van der Waals surface area contributed by atoms with E-state index in [0.717, 1.165) is 13.1 Å². The van der Waals surface area contributed by atoms with E-state index in [2.05, 4.69) is 5.32 Å². The Morgan fingerprint density at radius 2 is 1.84 bits per heavy atom. The molecule has 1 aliphatic heterocycles. The van der Waals surface area contributed by atoms with Crippen LogP contribution < -0.4 is 5.32 Å². The highest BCUT2D eigenvalue weighted by molar-refractivity contribution is 7.92. The van der Waals surface area contributed by atoms with Crippen molar-refractivity contribution in [1.29, 1.82) is 0 Å². The molecule has 25 heavy (non-hydrogen) atoms. The van der Waals surface area contributed by atoms with Gasteiger partial charge >= 0.3 is 0 Å². The number of hydrogen-bond acceptors (Lipinski definition) is 5. The van der Waals surface area contributed by atoms with E-state index in [9.17, 15) is 18.0 Å². The number of amides is 2. The van der Waals surface area contributed by atoms with Crippen LogP contribution in [0.2, 0.25) is 0 Å². The van der Waals surface area contributed by atoms with Gasteiger partial charge in [-0.1, -0.05) is 0 Å². The molecule has 9 heteroatoms. The number of halogens is 1. The van der Waals surface area contributed by atoms with Crippen LogP contribution in [0.15, 0.2) is 29.2 Å². The molecule has 1 unspecified atom stereocenters. The molecular formula is C16H24ClN3O4S. The molecule has 1 aliphatic rings. The minimum absolute atomic E-state index is 0. The molecule has 0 saturated carbocycles. The van der Waals surface area contributed by atoms with Crippen LogP contribution in [0.25, 0.3) is 0 Å². The number of rotatable bonds is 4. The van der Waals surface area contributed by atoms with Crippen molar-refractivity contribution in [2.45, 2.75) is 17.9 Å². The first-order valence-corrected chi connectivity index (χ1v) is 9.42. The van der Waals surface area contributed by atoms with E-state index in [1.54, 1.807) is 4.90 Å². The van der Waals surface area contributed by atoms with Crippen LogP contribution in [0.1, 0.15) is 17.3 Å². The maximum atomic E-state index is 12.5. The first-order chi connectivity index (χ1) is 11.2. The predicted molar refractivity (Wildman–Crippen MR) is 97.8 cm³/mol. The minimum atomic E-state index is -3.71. The molecule has 1 aromatic rings. The standard InChI is InChI=1S/C16H23N3O4S.ClH/c1-12-10-17-8-9-19(12)16(21)13-4-6-14(7-5-13)24(22,23)11-15(20)18(2)3;/h4-7,12,17H,8-11H2,1-3H3;1H. The lowest BCUT2D eigenvalue weighted by molar-refractivity contribution is -0.125. The normalized spacial score (nSPS) is 17.6. The van der Waals surface area contributed by atoms with Gasteiger partial charge in [0.1, 0.15) is 5.75 Å². The maximum absolute atomic E-state index is 12.5. The van der Waals surface area contributed by atoms with Crippen molar-refractivity contribution in [1.82, 2.24) is 15.1 Å². The zero-order valence-corrected chi connectivity index (χ0v) is 16.2. The highest BCUT2D eigenvalue weighted by atomic mass is 35.5. The summed E-state index contributed by atoms with van der Waals surface area (Å²) in [4.78, 5) is 27.2. The number of sulfone groups is 1. The molecule has 1 atom stereocenters. The molecule has 1 aromatic carbocycles. The molecule has 2 rings (SSSR count). The van der Waals surface area contributed by atoms with Crippen LogP contribution in [0, 0.1) is 0 Å². The van der Waals surface area contributed by atoms with Gasteiger partial charge in [0.15, 0.2) is 9.84 Å². The van der Waals surface area contributed by atoms with Gasteiger partial charge in [0.05, 0.1) is 4.90 Å². The molecule has 1 fully saturated rings. The van der Waals surface area contributed by atoms with Gasteiger partial charge in [0, 0.05) is 45.3 Å². The molecule has 7 nitrogen and oxygen atoms in total. The van der Waals surface area contributed by atoms with E-state index in [-0.39, 0.29) is 29.3 Å². The molecule has 0 spiro atoms. The molecule has 0 bridgehead atoms. The topological polar surface area (TPSA) is 86.8 Å². The van der Waals surface area contributed by atoms with E-state index in [1.165, 1.54) is 43.3 Å². The monoisotopic (exact) mass is 389 g/mol. The molecule has 0 aliphatic carbocycles. The second kappa shape index (κ2) is 8.64. The molecule has 2 amide bonds. The summed E-state index contributed by atoms with van der Waals surface area (Å²) in [5.74, 6) is -1.18. The van der Waals surface area contributed by atoms with Crippen molar-refractivity contribution < 1.29 is 18.0 Å². The minimum Gasteiger partial charge on any atom is -0.348 e. The molecular weight excluding hydrogens is 366 g/mol. The van der Waals surface area contributed by atoms with Gasteiger partial charge in [-0.05, 0) is 31.2 Å². The van der Waals surface area contributed by atoms with Gasteiger partial charge in [-0.25, -0.2) is 8.42 Å². The number of nitrogens with one attached hydrogen (secondary N) is 1. The van der Waals surface area contributed by atoms with Gasteiger partial charge in [-0.3, -0.25) is 9.59 Å². The largest absolute Gasteiger partial charge is 0.348 e. The summed E-state index contributed by atoms with van der Waals surface area (Å²) in [6, 6.07) is 5.87. The Labute approximate surface area is 154 Å². The highest BCUT2D eigenvalue weighted by Crippen LogP contribution is 2.16. The van der Waals surface area contributed by atoms with Gasteiger partial charge in [-0.15, -0.1) is 12.4 Å². The molecule has 1 saturated heterocycles. The molecule has 0 aromatic heterocycles. The average Bonchev–Trinajstić information content (AvgIpc) is 2.54. The van der Waals surface area contributed by atoms with Crippen molar-refractivity contribution in [3.8, 4) is 0 Å². The zero-order valence-electron chi connectivity index (χ0n) is 14.6. The summed E-state index contributed by atoms with van der Waals surface area (Å²) in [6.45, 7) is 4.08. The van der Waals surface area contributed by atoms with Crippen LogP contribution in [0.4, 0.5) is 0 Å². The Bertz CT molecular complexity index is 719. The fourth-order valence-corrected chi connectivity index (χ4v) is 3.79. The number of benzene rings is 1. The second-order valence-corrected chi connectivity index (χ2v) is 8.11. The van der Waals surface area contributed by atoms with Gasteiger partial charge in [0.2, 0.25) is 5.91 Å². The second-order valence-electron chi connectivity index (χ2n) is 6.12. The Kier molecular flexibility index (Phi) is 7.40. The van der Waals surface area contributed by atoms with Crippen molar-refractivity contribution >= 4 is 34.1 Å². The van der Waals surface area contributed by atoms with Gasteiger partial charge in [-0.2, -0.15) is 0 Å². The summed E-state index contributed by atoms with van der Waals surface area (Å²) >= 11 is 0. The van der Waals surface area contributed by atoms with Gasteiger partial charge in [0.25, 0.3) is 5.91 Å². The number of hydrogen-bond donors (Lipinski definition) is 1. The van der Waals surface area contributed by atoms with Crippen molar-refractivity contribution in [3.63, 3.8) is 0 Å². The quantitative estimate of drug-likeness (QED) is 0.805. The Morgan fingerprint density at radius 3 is 2.36 bits per heavy atom. The lowest BCUT2D eigenvalue weighted by Crippen LogP contribution is -2.52. The van der Waals surface area contributed by atoms with E-state index in [0.29, 0.717) is 12.1 Å². The summed E-state index contributed by atoms with van der Waals surface area (Å²) in [5.41, 5.74) is 0.446. The highest BCUT2D eigenvalue weighted by Gasteiger charge is 2.25. The molecule has 0 radical (unpaired) electrons. The summed E-state index contributed by atoms with van der Waals surface area (Å²) in [6.07, 6.45) is 0. The van der Waals surface area contributed by atoms with Crippen LogP contribution >= 0.6 is 12.4 Å². The first kappa shape index (κ1) is 21.4. The van der Waals surface area contributed by atoms with Crippen LogP contribution in [-0.4, -0.2) is 75.6 Å². The van der Waals surface area contributed by atoms with E-state index >= 15 is 0 Å². The lowest BCUT2D eigenvalue weighted by Gasteiger charge is -2.34. The zero-order chi connectivity index (χ0) is 17.9. The average molecular weight is 390 g/mol. The molecule has 1 heterocycles. The SMILES string of the molecule is CC1CNCCN1C(=O)c1ccc(S(=O)(=O)CC(=O)N(C)C)cc1.Cl. The van der Waals surface area contributed by atoms with Crippen molar-refractivity contribution in [3.05, 3.63) is 29.8 Å². The van der Waals surface area contributed by atoms with E-state index in [1.807, 2.05) is 6.92 Å². The summed E-state index contributed by atoms with van der Waals surface area (Å²) in [5, 5.41) is 3.22.